The van der Waals surface area contributed by atoms with Crippen LogP contribution in [0.4, 0.5) is 11.6 Å². The third-order valence-corrected chi connectivity index (χ3v) is 8.42. The second-order valence-electron chi connectivity index (χ2n) is 10.9. The number of ether oxygens (including phenoxy) is 1. The fourth-order valence-corrected chi connectivity index (χ4v) is 5.43. The number of aryl methyl sites for hydroxylation is 1. The molecule has 0 aromatic carbocycles. The van der Waals surface area contributed by atoms with E-state index in [2.05, 4.69) is 49.2 Å². The molecule has 10 nitrogen and oxygen atoms in total. The van der Waals surface area contributed by atoms with Crippen LogP contribution in [0, 0.1) is 18.8 Å². The van der Waals surface area contributed by atoms with E-state index in [0.29, 0.717) is 48.1 Å². The maximum atomic E-state index is 13.5. The smallest absolute Gasteiger partial charge is 0.281 e. The molecule has 4 heterocycles. The molecule has 1 fully saturated rings. The third-order valence-electron chi connectivity index (χ3n) is 7.19. The van der Waals surface area contributed by atoms with Crippen molar-refractivity contribution in [2.45, 2.75) is 58.5 Å². The molecule has 3 aromatic rings. The third kappa shape index (κ3) is 5.98. The van der Waals surface area contributed by atoms with E-state index in [9.17, 15) is 13.2 Å². The lowest BCUT2D eigenvalue weighted by Crippen LogP contribution is -2.43. The summed E-state index contributed by atoms with van der Waals surface area (Å²) in [7, 11) is -4.26. The molecule has 0 radical (unpaired) electrons. The highest BCUT2D eigenvalue weighted by Crippen LogP contribution is 2.39. The fourth-order valence-electron chi connectivity index (χ4n) is 4.48. The zero-order valence-electron chi connectivity index (χ0n) is 23.2. The Labute approximate surface area is 230 Å². The summed E-state index contributed by atoms with van der Waals surface area (Å²) < 4.78 is 33.9. The molecule has 39 heavy (non-hydrogen) atoms. The first-order valence-electron chi connectivity index (χ1n) is 13.0. The summed E-state index contributed by atoms with van der Waals surface area (Å²) in [5, 5.41) is -0.338. The van der Waals surface area contributed by atoms with Crippen LogP contribution in [0.25, 0.3) is 11.4 Å². The van der Waals surface area contributed by atoms with Crippen molar-refractivity contribution in [2.24, 2.45) is 11.8 Å². The van der Waals surface area contributed by atoms with Gasteiger partial charge in [-0.2, -0.15) is 8.42 Å². The minimum atomic E-state index is -4.26. The number of pyridine rings is 3. The van der Waals surface area contributed by atoms with Crippen LogP contribution in [0.15, 0.2) is 47.5 Å². The molecule has 3 N–H and O–H groups in total. The normalized spacial score (nSPS) is 16.9. The minimum absolute atomic E-state index is 0.0345. The van der Waals surface area contributed by atoms with Crippen molar-refractivity contribution in [1.82, 2.24) is 19.7 Å². The Morgan fingerprint density at radius 1 is 1.15 bits per heavy atom. The highest BCUT2D eigenvalue weighted by Gasteiger charge is 2.41. The van der Waals surface area contributed by atoms with Gasteiger partial charge in [0.1, 0.15) is 11.6 Å². The Hall–Kier alpha value is -3.73. The molecule has 0 spiro atoms. The molecular formula is C28H36N6O4S. The van der Waals surface area contributed by atoms with Gasteiger partial charge in [0.15, 0.2) is 5.03 Å². The van der Waals surface area contributed by atoms with Gasteiger partial charge in [-0.15, -0.1) is 0 Å². The zero-order chi connectivity index (χ0) is 28.5. The van der Waals surface area contributed by atoms with Crippen LogP contribution in [-0.2, 0) is 10.0 Å². The van der Waals surface area contributed by atoms with Crippen LogP contribution in [-0.4, -0.2) is 48.0 Å². The molecule has 11 heteroatoms. The number of nitrogens with one attached hydrogen (secondary N) is 1. The van der Waals surface area contributed by atoms with E-state index in [1.165, 1.54) is 18.2 Å². The zero-order valence-corrected chi connectivity index (χ0v) is 24.0. The minimum Gasteiger partial charge on any atom is -0.477 e. The van der Waals surface area contributed by atoms with Crippen LogP contribution in [0.3, 0.4) is 0 Å². The predicted molar refractivity (Wildman–Crippen MR) is 151 cm³/mol. The SMILES string of the molecule is Cc1ccc(OCC(C)C)nc1-c1ccc(C(=O)NS(=O)(=O)c2cccc(N)n2)c(N2CCC(C)C2(C)C)n1. The van der Waals surface area contributed by atoms with Crippen LogP contribution < -0.4 is 20.1 Å². The molecule has 208 valence electrons. The highest BCUT2D eigenvalue weighted by atomic mass is 32.2. The number of nitrogens with two attached hydrogens (primary N) is 1. The van der Waals surface area contributed by atoms with Gasteiger partial charge in [0.05, 0.1) is 23.6 Å². The van der Waals surface area contributed by atoms with Crippen molar-refractivity contribution >= 4 is 27.6 Å². The van der Waals surface area contributed by atoms with Crippen LogP contribution in [0.5, 0.6) is 5.88 Å². The average molecular weight is 553 g/mol. The van der Waals surface area contributed by atoms with E-state index < -0.39 is 15.9 Å². The van der Waals surface area contributed by atoms with E-state index in [4.69, 9.17) is 20.4 Å². The second-order valence-corrected chi connectivity index (χ2v) is 12.5. The molecule has 1 aliphatic heterocycles. The van der Waals surface area contributed by atoms with Gasteiger partial charge in [-0.3, -0.25) is 4.79 Å². The van der Waals surface area contributed by atoms with Crippen LogP contribution in [0.2, 0.25) is 0 Å². The number of carbonyl (C=O) groups is 1. The van der Waals surface area contributed by atoms with Gasteiger partial charge in [-0.25, -0.2) is 19.7 Å². The Kier molecular flexibility index (Phi) is 7.83. The molecule has 1 atom stereocenters. The van der Waals surface area contributed by atoms with Crippen molar-refractivity contribution in [2.75, 3.05) is 23.8 Å². The largest absolute Gasteiger partial charge is 0.477 e. The highest BCUT2D eigenvalue weighted by molar-refractivity contribution is 7.90. The summed E-state index contributed by atoms with van der Waals surface area (Å²) in [6.07, 6.45) is 0.904. The molecule has 1 saturated heterocycles. The first-order valence-corrected chi connectivity index (χ1v) is 14.5. The van der Waals surface area contributed by atoms with Gasteiger partial charge in [0.25, 0.3) is 15.9 Å². The van der Waals surface area contributed by atoms with Gasteiger partial charge in [-0.05, 0) is 68.9 Å². The van der Waals surface area contributed by atoms with Crippen molar-refractivity contribution in [3.63, 3.8) is 0 Å². The van der Waals surface area contributed by atoms with Crippen molar-refractivity contribution < 1.29 is 17.9 Å². The number of sulfonamides is 1. The molecule has 0 saturated carbocycles. The number of aromatic nitrogens is 3. The predicted octanol–water partition coefficient (Wildman–Crippen LogP) is 4.21. The number of hydrogen-bond donors (Lipinski definition) is 2. The lowest BCUT2D eigenvalue weighted by molar-refractivity contribution is 0.0981. The van der Waals surface area contributed by atoms with Crippen molar-refractivity contribution in [1.29, 1.82) is 0 Å². The maximum absolute atomic E-state index is 13.5. The molecule has 4 rings (SSSR count). The monoisotopic (exact) mass is 552 g/mol. The van der Waals surface area contributed by atoms with E-state index in [1.54, 1.807) is 12.1 Å². The number of carbonyl (C=O) groups excluding carboxylic acids is 1. The standard InChI is InChI=1S/C28H36N6O4S/c1-17(2)16-38-23-13-10-18(3)25(32-23)21-12-11-20(26(30-21)34-15-14-19(4)28(34,5)6)27(35)33-39(36,37)24-9-7-8-22(29)31-24/h7-13,17,19H,14-16H2,1-6H3,(H2,29,31)(H,33,35). The topological polar surface area (TPSA) is 140 Å². The lowest BCUT2D eigenvalue weighted by atomic mass is 9.90. The molecule has 3 aromatic heterocycles. The molecule has 0 aliphatic carbocycles. The van der Waals surface area contributed by atoms with Crippen LogP contribution in [0.1, 0.15) is 57.0 Å². The number of nitrogen functional groups attached to an aromatic ring is 1. The Bertz CT molecular complexity index is 1490. The fraction of sp³-hybridized carbons (Fsp3) is 0.429. The number of amides is 1. The van der Waals surface area contributed by atoms with Gasteiger partial charge in [0.2, 0.25) is 5.88 Å². The van der Waals surface area contributed by atoms with E-state index in [1.807, 2.05) is 19.1 Å². The van der Waals surface area contributed by atoms with E-state index >= 15 is 0 Å². The Morgan fingerprint density at radius 3 is 2.54 bits per heavy atom. The molecular weight excluding hydrogens is 516 g/mol. The molecule has 1 amide bonds. The number of hydrogen-bond acceptors (Lipinski definition) is 9. The number of nitrogens with zero attached hydrogens (tertiary/aromatic N) is 4. The average Bonchev–Trinajstić information content (AvgIpc) is 3.14. The van der Waals surface area contributed by atoms with Gasteiger partial charge in [0, 0.05) is 18.2 Å². The first kappa shape index (κ1) is 28.3. The summed E-state index contributed by atoms with van der Waals surface area (Å²) in [5.74, 6) is 0.786. The van der Waals surface area contributed by atoms with E-state index in [0.717, 1.165) is 12.0 Å². The summed E-state index contributed by atoms with van der Waals surface area (Å²) in [4.78, 5) is 29.0. The quantitative estimate of drug-likeness (QED) is 0.420. The number of rotatable bonds is 8. The summed E-state index contributed by atoms with van der Waals surface area (Å²) in [6.45, 7) is 13.6. The number of anilines is 2. The maximum Gasteiger partial charge on any atom is 0.281 e. The summed E-state index contributed by atoms with van der Waals surface area (Å²) in [6, 6.07) is 11.2. The molecule has 1 unspecified atom stereocenters. The Morgan fingerprint density at radius 2 is 1.90 bits per heavy atom. The molecule has 0 bridgehead atoms. The van der Waals surface area contributed by atoms with Gasteiger partial charge in [-0.1, -0.05) is 32.9 Å². The van der Waals surface area contributed by atoms with Crippen LogP contribution >= 0.6 is 0 Å². The summed E-state index contributed by atoms with van der Waals surface area (Å²) in [5.41, 5.74) is 7.56. The van der Waals surface area contributed by atoms with Gasteiger partial charge < -0.3 is 15.4 Å². The lowest BCUT2D eigenvalue weighted by Gasteiger charge is -2.36. The summed E-state index contributed by atoms with van der Waals surface area (Å²) >= 11 is 0. The molecule has 1 aliphatic rings. The Balaban J connectivity index is 1.77. The second kappa shape index (κ2) is 10.8. The first-order chi connectivity index (χ1) is 18.3. The van der Waals surface area contributed by atoms with E-state index in [-0.39, 0.29) is 21.9 Å². The van der Waals surface area contributed by atoms with Crippen molar-refractivity contribution in [3.05, 3.63) is 53.6 Å². The van der Waals surface area contributed by atoms with Gasteiger partial charge >= 0.3 is 0 Å². The van der Waals surface area contributed by atoms with Crippen molar-refractivity contribution in [3.8, 4) is 17.3 Å².